The van der Waals surface area contributed by atoms with E-state index in [-0.39, 0.29) is 12.2 Å². The predicted octanol–water partition coefficient (Wildman–Crippen LogP) is -0.113. The summed E-state index contributed by atoms with van der Waals surface area (Å²) in [4.78, 5) is 0. The van der Waals surface area contributed by atoms with E-state index in [0.717, 1.165) is 19.4 Å². The summed E-state index contributed by atoms with van der Waals surface area (Å²) in [6, 6.07) is 0.389. The van der Waals surface area contributed by atoms with Crippen LogP contribution in [0.2, 0.25) is 0 Å². The van der Waals surface area contributed by atoms with Crippen LogP contribution in [0.4, 0.5) is 0 Å². The lowest BCUT2D eigenvalue weighted by molar-refractivity contribution is -0.0642. The van der Waals surface area contributed by atoms with Crippen molar-refractivity contribution in [2.45, 2.75) is 44.4 Å². The molecule has 0 aliphatic carbocycles. The van der Waals surface area contributed by atoms with E-state index in [0.29, 0.717) is 12.6 Å². The lowest BCUT2D eigenvalue weighted by atomic mass is 9.94. The van der Waals surface area contributed by atoms with Crippen molar-refractivity contribution >= 4 is 0 Å². The molecule has 14 heavy (non-hydrogen) atoms. The van der Waals surface area contributed by atoms with Crippen molar-refractivity contribution in [2.24, 2.45) is 0 Å². The van der Waals surface area contributed by atoms with Gasteiger partial charge in [-0.05, 0) is 26.7 Å². The van der Waals surface area contributed by atoms with Gasteiger partial charge in [0.25, 0.3) is 0 Å². The molecule has 0 radical (unpaired) electrons. The Kier molecular flexibility index (Phi) is 4.31. The Bertz CT molecular complexity index is 173. The van der Waals surface area contributed by atoms with E-state index >= 15 is 0 Å². The van der Waals surface area contributed by atoms with Crippen LogP contribution in [0.1, 0.15) is 26.7 Å². The third-order valence-electron chi connectivity index (χ3n) is 2.55. The van der Waals surface area contributed by atoms with Crippen LogP contribution in [0.3, 0.4) is 0 Å². The van der Waals surface area contributed by atoms with Crippen LogP contribution in [0, 0.1) is 0 Å². The highest BCUT2D eigenvalue weighted by Crippen LogP contribution is 2.23. The van der Waals surface area contributed by atoms with Crippen LogP contribution < -0.4 is 5.32 Å². The van der Waals surface area contributed by atoms with E-state index in [4.69, 9.17) is 9.84 Å². The van der Waals surface area contributed by atoms with Gasteiger partial charge in [-0.1, -0.05) is 0 Å². The monoisotopic (exact) mass is 203 g/mol. The number of nitrogens with one attached hydrogen (secondary N) is 1. The zero-order chi connectivity index (χ0) is 10.6. The maximum Gasteiger partial charge on any atom is 0.0895 e. The molecule has 0 bridgehead atoms. The Balaban J connectivity index is 2.24. The standard InChI is InChI=1S/C10H21NO3/c1-10(2)5-8(3-4-14-10)11-6-9(13)7-12/h8-9,11-13H,3-7H2,1-2H3/t8?,9-/m0/s1. The second-order valence-corrected chi connectivity index (χ2v) is 4.54. The summed E-state index contributed by atoms with van der Waals surface area (Å²) >= 11 is 0. The van der Waals surface area contributed by atoms with Gasteiger partial charge in [-0.2, -0.15) is 0 Å². The summed E-state index contributed by atoms with van der Waals surface area (Å²) in [5.41, 5.74) is -0.0694. The van der Waals surface area contributed by atoms with Crippen LogP contribution in [0.15, 0.2) is 0 Å². The quantitative estimate of drug-likeness (QED) is 0.596. The molecule has 0 spiro atoms. The molecule has 1 unspecified atom stereocenters. The average molecular weight is 203 g/mol. The first-order valence-corrected chi connectivity index (χ1v) is 5.20. The second-order valence-electron chi connectivity index (χ2n) is 4.54. The SMILES string of the molecule is CC1(C)CC(NC[C@H](O)CO)CCO1. The summed E-state index contributed by atoms with van der Waals surface area (Å²) in [6.45, 7) is 5.18. The maximum atomic E-state index is 9.17. The molecule has 0 amide bonds. The highest BCUT2D eigenvalue weighted by atomic mass is 16.5. The molecule has 0 aromatic rings. The fourth-order valence-corrected chi connectivity index (χ4v) is 1.77. The maximum absolute atomic E-state index is 9.17. The van der Waals surface area contributed by atoms with Gasteiger partial charge in [0.1, 0.15) is 0 Å². The Hall–Kier alpha value is -0.160. The molecular weight excluding hydrogens is 182 g/mol. The van der Waals surface area contributed by atoms with Gasteiger partial charge in [-0.3, -0.25) is 0 Å². The number of ether oxygens (including phenoxy) is 1. The molecule has 1 aliphatic rings. The van der Waals surface area contributed by atoms with E-state index in [2.05, 4.69) is 19.2 Å². The molecule has 4 heteroatoms. The van der Waals surface area contributed by atoms with Crippen molar-refractivity contribution in [2.75, 3.05) is 19.8 Å². The summed E-state index contributed by atoms with van der Waals surface area (Å²) < 4.78 is 5.58. The average Bonchev–Trinajstić information content (AvgIpc) is 2.12. The molecule has 4 nitrogen and oxygen atoms in total. The molecule has 1 rings (SSSR count). The lowest BCUT2D eigenvalue weighted by Crippen LogP contribution is -2.46. The van der Waals surface area contributed by atoms with Crippen LogP contribution in [-0.2, 0) is 4.74 Å². The van der Waals surface area contributed by atoms with Crippen molar-refractivity contribution in [3.8, 4) is 0 Å². The van der Waals surface area contributed by atoms with E-state index in [9.17, 15) is 5.11 Å². The van der Waals surface area contributed by atoms with Crippen LogP contribution in [-0.4, -0.2) is 47.7 Å². The van der Waals surface area contributed by atoms with Crippen molar-refractivity contribution < 1.29 is 14.9 Å². The first-order chi connectivity index (χ1) is 6.53. The number of rotatable bonds is 4. The van der Waals surface area contributed by atoms with E-state index in [1.165, 1.54) is 0 Å². The minimum atomic E-state index is -0.652. The minimum absolute atomic E-state index is 0.0694. The normalized spacial score (nSPS) is 28.7. The van der Waals surface area contributed by atoms with Crippen LogP contribution in [0.5, 0.6) is 0 Å². The Labute approximate surface area is 85.3 Å². The molecule has 1 fully saturated rings. The van der Waals surface area contributed by atoms with Crippen LogP contribution in [0.25, 0.3) is 0 Å². The first-order valence-electron chi connectivity index (χ1n) is 5.20. The van der Waals surface area contributed by atoms with Crippen molar-refractivity contribution in [3.63, 3.8) is 0 Å². The number of hydrogen-bond donors (Lipinski definition) is 3. The number of aliphatic hydroxyl groups is 2. The van der Waals surface area contributed by atoms with Gasteiger partial charge < -0.3 is 20.3 Å². The molecule has 84 valence electrons. The first kappa shape index (κ1) is 11.9. The molecule has 0 aromatic heterocycles. The molecule has 0 saturated carbocycles. The lowest BCUT2D eigenvalue weighted by Gasteiger charge is -2.36. The predicted molar refractivity (Wildman–Crippen MR) is 54.1 cm³/mol. The smallest absolute Gasteiger partial charge is 0.0895 e. The third-order valence-corrected chi connectivity index (χ3v) is 2.55. The van der Waals surface area contributed by atoms with Crippen LogP contribution >= 0.6 is 0 Å². The Morgan fingerprint density at radius 1 is 1.57 bits per heavy atom. The van der Waals surface area contributed by atoms with Gasteiger partial charge in [-0.15, -0.1) is 0 Å². The van der Waals surface area contributed by atoms with E-state index in [1.807, 2.05) is 0 Å². The Morgan fingerprint density at radius 2 is 2.29 bits per heavy atom. The molecule has 1 saturated heterocycles. The van der Waals surface area contributed by atoms with Gasteiger partial charge in [0, 0.05) is 19.2 Å². The minimum Gasteiger partial charge on any atom is -0.394 e. The molecule has 2 atom stereocenters. The molecular formula is C10H21NO3. The zero-order valence-electron chi connectivity index (χ0n) is 8.99. The highest BCUT2D eigenvalue weighted by Gasteiger charge is 2.28. The number of hydrogen-bond acceptors (Lipinski definition) is 4. The molecule has 3 N–H and O–H groups in total. The fraction of sp³-hybridized carbons (Fsp3) is 1.00. The summed E-state index contributed by atoms with van der Waals surface area (Å²) in [5.74, 6) is 0. The third kappa shape index (κ3) is 3.92. The van der Waals surface area contributed by atoms with Crippen molar-refractivity contribution in [1.29, 1.82) is 0 Å². The van der Waals surface area contributed by atoms with Crippen molar-refractivity contribution in [3.05, 3.63) is 0 Å². The Morgan fingerprint density at radius 3 is 2.86 bits per heavy atom. The second kappa shape index (κ2) is 5.07. The summed E-state index contributed by atoms with van der Waals surface area (Å²) in [5, 5.41) is 21.1. The summed E-state index contributed by atoms with van der Waals surface area (Å²) in [7, 11) is 0. The topological polar surface area (TPSA) is 61.7 Å². The summed E-state index contributed by atoms with van der Waals surface area (Å²) in [6.07, 6.45) is 1.27. The highest BCUT2D eigenvalue weighted by molar-refractivity contribution is 4.83. The van der Waals surface area contributed by atoms with E-state index in [1.54, 1.807) is 0 Å². The van der Waals surface area contributed by atoms with Gasteiger partial charge in [-0.25, -0.2) is 0 Å². The van der Waals surface area contributed by atoms with Crippen molar-refractivity contribution in [1.82, 2.24) is 5.32 Å². The number of aliphatic hydroxyl groups excluding tert-OH is 2. The van der Waals surface area contributed by atoms with E-state index < -0.39 is 6.10 Å². The molecule has 1 heterocycles. The van der Waals surface area contributed by atoms with Gasteiger partial charge >= 0.3 is 0 Å². The molecule has 0 aromatic carbocycles. The van der Waals surface area contributed by atoms with Gasteiger partial charge in [0.2, 0.25) is 0 Å². The van der Waals surface area contributed by atoms with Gasteiger partial charge in [0.15, 0.2) is 0 Å². The fourth-order valence-electron chi connectivity index (χ4n) is 1.77. The largest absolute Gasteiger partial charge is 0.394 e. The van der Waals surface area contributed by atoms with Gasteiger partial charge in [0.05, 0.1) is 18.3 Å². The zero-order valence-corrected chi connectivity index (χ0v) is 8.99. The molecule has 1 aliphatic heterocycles.